The highest BCUT2D eigenvalue weighted by molar-refractivity contribution is 6.12. The van der Waals surface area contributed by atoms with E-state index >= 15 is 0 Å². The van der Waals surface area contributed by atoms with Crippen LogP contribution in [0.2, 0.25) is 0 Å². The molecule has 0 heterocycles. The fraction of sp³-hybridized carbons (Fsp3) is 0.235. The van der Waals surface area contributed by atoms with Gasteiger partial charge in [-0.25, -0.2) is 0 Å². The number of oxime groups is 1. The Labute approximate surface area is 125 Å². The molecule has 0 aromatic heterocycles. The van der Waals surface area contributed by atoms with Gasteiger partial charge in [0.25, 0.3) is 0 Å². The minimum absolute atomic E-state index is 0.575. The van der Waals surface area contributed by atoms with Crippen LogP contribution in [0.15, 0.2) is 53.7 Å². The van der Waals surface area contributed by atoms with E-state index in [-0.39, 0.29) is 0 Å². The SMILES string of the molecule is CN(C)c1ccc(C(=NO)c2ccc(N(C)C)cc2)cc1. The van der Waals surface area contributed by atoms with Crippen molar-refractivity contribution in [2.45, 2.75) is 0 Å². The van der Waals surface area contributed by atoms with Crippen LogP contribution in [-0.4, -0.2) is 39.1 Å². The van der Waals surface area contributed by atoms with Crippen molar-refractivity contribution in [1.29, 1.82) is 0 Å². The van der Waals surface area contributed by atoms with Crippen LogP contribution in [0.4, 0.5) is 11.4 Å². The van der Waals surface area contributed by atoms with Crippen molar-refractivity contribution in [3.63, 3.8) is 0 Å². The third-order valence-electron chi connectivity index (χ3n) is 3.41. The van der Waals surface area contributed by atoms with Crippen LogP contribution in [-0.2, 0) is 0 Å². The standard InChI is InChI=1S/C17H21N3O/c1-19(2)15-9-5-13(6-10-15)17(18-21)14-7-11-16(12-8-14)20(3)4/h5-12,21H,1-4H3. The van der Waals surface area contributed by atoms with Crippen LogP contribution in [0.3, 0.4) is 0 Å². The van der Waals surface area contributed by atoms with E-state index in [9.17, 15) is 5.21 Å². The Kier molecular flexibility index (Phi) is 4.48. The Morgan fingerprint density at radius 3 is 1.29 bits per heavy atom. The fourth-order valence-corrected chi connectivity index (χ4v) is 2.12. The molecule has 0 fully saturated rings. The van der Waals surface area contributed by atoms with Gasteiger partial charge in [0.2, 0.25) is 0 Å². The van der Waals surface area contributed by atoms with Gasteiger partial charge in [0, 0.05) is 50.7 Å². The van der Waals surface area contributed by atoms with Crippen LogP contribution < -0.4 is 9.80 Å². The normalized spacial score (nSPS) is 10.1. The Bertz CT molecular complexity index is 560. The molecule has 0 bridgehead atoms. The molecule has 0 atom stereocenters. The van der Waals surface area contributed by atoms with Crippen molar-refractivity contribution in [3.8, 4) is 0 Å². The molecule has 1 N–H and O–H groups in total. The van der Waals surface area contributed by atoms with Gasteiger partial charge in [0.15, 0.2) is 0 Å². The number of nitrogens with zero attached hydrogens (tertiary/aromatic N) is 3. The zero-order valence-electron chi connectivity index (χ0n) is 12.9. The van der Waals surface area contributed by atoms with Gasteiger partial charge in [-0.2, -0.15) is 0 Å². The Hall–Kier alpha value is -2.49. The van der Waals surface area contributed by atoms with Crippen LogP contribution in [0.25, 0.3) is 0 Å². The first-order chi connectivity index (χ1) is 10.0. The van der Waals surface area contributed by atoms with Crippen LogP contribution >= 0.6 is 0 Å². The lowest BCUT2D eigenvalue weighted by molar-refractivity contribution is 0.319. The lowest BCUT2D eigenvalue weighted by atomic mass is 10.0. The third kappa shape index (κ3) is 3.34. The molecule has 0 aliphatic carbocycles. The second-order valence-electron chi connectivity index (χ2n) is 5.33. The predicted molar refractivity (Wildman–Crippen MR) is 89.0 cm³/mol. The summed E-state index contributed by atoms with van der Waals surface area (Å²) < 4.78 is 0. The summed E-state index contributed by atoms with van der Waals surface area (Å²) >= 11 is 0. The lowest BCUT2D eigenvalue weighted by Crippen LogP contribution is -2.10. The van der Waals surface area contributed by atoms with Crippen molar-refractivity contribution in [3.05, 3.63) is 59.7 Å². The number of rotatable bonds is 4. The topological polar surface area (TPSA) is 39.1 Å². The summed E-state index contributed by atoms with van der Waals surface area (Å²) in [6.45, 7) is 0. The molecule has 0 amide bonds. The molecule has 2 rings (SSSR count). The van der Waals surface area contributed by atoms with E-state index in [1.54, 1.807) is 0 Å². The zero-order chi connectivity index (χ0) is 15.4. The zero-order valence-corrected chi connectivity index (χ0v) is 12.9. The second-order valence-corrected chi connectivity index (χ2v) is 5.33. The largest absolute Gasteiger partial charge is 0.410 e. The first-order valence-electron chi connectivity index (χ1n) is 6.80. The summed E-state index contributed by atoms with van der Waals surface area (Å²) in [5.41, 5.74) is 4.57. The Morgan fingerprint density at radius 2 is 1.05 bits per heavy atom. The van der Waals surface area contributed by atoms with Gasteiger partial charge in [-0.3, -0.25) is 0 Å². The highest BCUT2D eigenvalue weighted by Gasteiger charge is 2.08. The summed E-state index contributed by atoms with van der Waals surface area (Å²) in [6.07, 6.45) is 0. The van der Waals surface area contributed by atoms with Gasteiger partial charge in [0.1, 0.15) is 5.71 Å². The maximum atomic E-state index is 9.36. The highest BCUT2D eigenvalue weighted by Crippen LogP contribution is 2.18. The molecule has 2 aromatic carbocycles. The summed E-state index contributed by atoms with van der Waals surface area (Å²) in [5, 5.41) is 12.8. The summed E-state index contributed by atoms with van der Waals surface area (Å²) in [7, 11) is 7.98. The summed E-state index contributed by atoms with van der Waals surface area (Å²) in [6, 6.07) is 15.9. The maximum Gasteiger partial charge on any atom is 0.117 e. The lowest BCUT2D eigenvalue weighted by Gasteiger charge is -2.14. The molecular formula is C17H21N3O. The van der Waals surface area contributed by atoms with Crippen LogP contribution in [0, 0.1) is 0 Å². The highest BCUT2D eigenvalue weighted by atomic mass is 16.4. The Balaban J connectivity index is 2.31. The molecule has 0 unspecified atom stereocenters. The molecule has 0 radical (unpaired) electrons. The van der Waals surface area contributed by atoms with Gasteiger partial charge in [0.05, 0.1) is 0 Å². The van der Waals surface area contributed by atoms with Gasteiger partial charge >= 0.3 is 0 Å². The van der Waals surface area contributed by atoms with E-state index in [0.717, 1.165) is 22.5 Å². The molecule has 21 heavy (non-hydrogen) atoms. The van der Waals surface area contributed by atoms with E-state index < -0.39 is 0 Å². The number of hydrogen-bond donors (Lipinski definition) is 1. The average molecular weight is 283 g/mol. The molecule has 0 aliphatic heterocycles. The minimum atomic E-state index is 0.575. The van der Waals surface area contributed by atoms with Crippen molar-refractivity contribution < 1.29 is 5.21 Å². The monoisotopic (exact) mass is 283 g/mol. The number of hydrogen-bond acceptors (Lipinski definition) is 4. The molecule has 4 nitrogen and oxygen atoms in total. The molecule has 0 aliphatic rings. The fourth-order valence-electron chi connectivity index (χ4n) is 2.12. The van der Waals surface area contributed by atoms with E-state index in [0.29, 0.717) is 5.71 Å². The summed E-state index contributed by atoms with van der Waals surface area (Å²) in [4.78, 5) is 4.07. The Morgan fingerprint density at radius 1 is 0.714 bits per heavy atom. The third-order valence-corrected chi connectivity index (χ3v) is 3.41. The van der Waals surface area contributed by atoms with Crippen molar-refractivity contribution in [2.24, 2.45) is 5.16 Å². The van der Waals surface area contributed by atoms with Crippen LogP contribution in [0.1, 0.15) is 11.1 Å². The molecule has 4 heteroatoms. The maximum absolute atomic E-state index is 9.36. The van der Waals surface area contributed by atoms with Crippen molar-refractivity contribution in [1.82, 2.24) is 0 Å². The number of benzene rings is 2. The molecule has 110 valence electrons. The van der Waals surface area contributed by atoms with Crippen molar-refractivity contribution in [2.75, 3.05) is 38.0 Å². The second kappa shape index (κ2) is 6.31. The van der Waals surface area contributed by atoms with Gasteiger partial charge in [-0.1, -0.05) is 29.4 Å². The van der Waals surface area contributed by atoms with E-state index in [1.807, 2.05) is 86.5 Å². The number of anilines is 2. The smallest absolute Gasteiger partial charge is 0.117 e. The molecule has 0 saturated carbocycles. The minimum Gasteiger partial charge on any atom is -0.410 e. The quantitative estimate of drug-likeness (QED) is 0.532. The van der Waals surface area contributed by atoms with Crippen molar-refractivity contribution >= 4 is 17.1 Å². The average Bonchev–Trinajstić information content (AvgIpc) is 2.49. The van der Waals surface area contributed by atoms with E-state index in [2.05, 4.69) is 5.16 Å². The molecule has 0 saturated heterocycles. The van der Waals surface area contributed by atoms with Gasteiger partial charge < -0.3 is 15.0 Å². The molecular weight excluding hydrogens is 262 g/mol. The van der Waals surface area contributed by atoms with E-state index in [1.165, 1.54) is 0 Å². The predicted octanol–water partition coefficient (Wildman–Crippen LogP) is 3.05. The van der Waals surface area contributed by atoms with E-state index in [4.69, 9.17) is 0 Å². The molecule has 2 aromatic rings. The van der Waals surface area contributed by atoms with Gasteiger partial charge in [-0.15, -0.1) is 0 Å². The van der Waals surface area contributed by atoms with Gasteiger partial charge in [-0.05, 0) is 24.3 Å². The molecule has 0 spiro atoms. The first kappa shape index (κ1) is 14.9. The first-order valence-corrected chi connectivity index (χ1v) is 6.80. The van der Waals surface area contributed by atoms with Crippen LogP contribution in [0.5, 0.6) is 0 Å². The summed E-state index contributed by atoms with van der Waals surface area (Å²) in [5.74, 6) is 0.